The molecule has 10 heteroatoms. The van der Waals surface area contributed by atoms with E-state index in [2.05, 4.69) is 15.7 Å². The molecule has 2 aromatic carbocycles. The number of sulfonamides is 1. The average Bonchev–Trinajstić information content (AvgIpc) is 2.95. The van der Waals surface area contributed by atoms with E-state index in [0.29, 0.717) is 24.1 Å². The zero-order chi connectivity index (χ0) is 28.9. The second-order valence-corrected chi connectivity index (χ2v) is 12.0. The van der Waals surface area contributed by atoms with Gasteiger partial charge >= 0.3 is 5.97 Å². The van der Waals surface area contributed by atoms with E-state index in [1.807, 2.05) is 26.1 Å². The van der Waals surface area contributed by atoms with Crippen LogP contribution in [0.25, 0.3) is 0 Å². The van der Waals surface area contributed by atoms with Gasteiger partial charge in [0.15, 0.2) is 0 Å². The molecule has 1 N–H and O–H groups in total. The number of rotatable bonds is 9. The van der Waals surface area contributed by atoms with Gasteiger partial charge in [0.25, 0.3) is 0 Å². The quantitative estimate of drug-likeness (QED) is 0.367. The van der Waals surface area contributed by atoms with E-state index < -0.39 is 34.0 Å². The fourth-order valence-electron chi connectivity index (χ4n) is 5.26. The third kappa shape index (κ3) is 6.78. The van der Waals surface area contributed by atoms with Gasteiger partial charge in [-0.25, -0.2) is 13.2 Å². The summed E-state index contributed by atoms with van der Waals surface area (Å²) in [6.45, 7) is 5.59. The third-order valence-corrected chi connectivity index (χ3v) is 8.96. The maximum Gasteiger partial charge on any atom is 0.329 e. The Balaban J connectivity index is 1.68. The molecule has 0 saturated carbocycles. The molecule has 1 unspecified atom stereocenters. The summed E-state index contributed by atoms with van der Waals surface area (Å²) in [7, 11) is -2.12. The number of amides is 1. The fourth-order valence-corrected chi connectivity index (χ4v) is 6.50. The Bertz CT molecular complexity index is 1450. The lowest BCUT2D eigenvalue weighted by molar-refractivity contribution is -0.155. The largest absolute Gasteiger partial charge is 0.464 e. The minimum atomic E-state index is -4.11. The van der Waals surface area contributed by atoms with Crippen molar-refractivity contribution in [3.05, 3.63) is 76.4 Å². The number of nitrogens with one attached hydrogen (secondary N) is 1. The Morgan fingerprint density at radius 3 is 2.70 bits per heavy atom. The fraction of sp³-hybridized carbons (Fsp3) is 0.433. The van der Waals surface area contributed by atoms with Gasteiger partial charge in [0.05, 0.1) is 23.1 Å². The third-order valence-electron chi connectivity index (χ3n) is 7.49. The van der Waals surface area contributed by atoms with E-state index in [0.717, 1.165) is 36.1 Å². The molecule has 0 radical (unpaired) electrons. The molecule has 212 valence electrons. The number of fused-ring (bicyclic) bond motifs is 1. The number of likely N-dealkylation sites (N-methyl/N-ethyl adjacent to an activating group) is 1. The highest BCUT2D eigenvalue weighted by Crippen LogP contribution is 2.25. The SMILES string of the molecule is CCOC(=O)C1CC(CC)=CCN1C(=O)[C@H](Cc1cccc(C#N)c1)NS(=O)(=O)c1ccc2c(c1)CN(C)CC2. The van der Waals surface area contributed by atoms with Crippen molar-refractivity contribution < 1.29 is 22.7 Å². The Hall–Kier alpha value is -3.52. The van der Waals surface area contributed by atoms with Crippen LogP contribution in [0.2, 0.25) is 0 Å². The first-order chi connectivity index (χ1) is 19.1. The maximum absolute atomic E-state index is 14.0. The average molecular weight is 565 g/mol. The van der Waals surface area contributed by atoms with Crippen LogP contribution in [-0.4, -0.2) is 68.9 Å². The van der Waals surface area contributed by atoms with Crippen molar-refractivity contribution in [2.75, 3.05) is 26.7 Å². The van der Waals surface area contributed by atoms with Crippen molar-refractivity contribution in [2.24, 2.45) is 0 Å². The summed E-state index contributed by atoms with van der Waals surface area (Å²) in [5.41, 5.74) is 4.13. The smallest absolute Gasteiger partial charge is 0.329 e. The van der Waals surface area contributed by atoms with Crippen LogP contribution < -0.4 is 4.72 Å². The minimum Gasteiger partial charge on any atom is -0.464 e. The monoisotopic (exact) mass is 564 g/mol. The zero-order valence-corrected chi connectivity index (χ0v) is 24.0. The van der Waals surface area contributed by atoms with Crippen molar-refractivity contribution >= 4 is 21.9 Å². The predicted octanol–water partition coefficient (Wildman–Crippen LogP) is 2.94. The number of carbonyl (C=O) groups excluding carboxylic acids is 2. The number of esters is 1. The summed E-state index contributed by atoms with van der Waals surface area (Å²) in [4.78, 5) is 30.5. The highest BCUT2D eigenvalue weighted by molar-refractivity contribution is 7.89. The molecule has 0 aromatic heterocycles. The van der Waals surface area contributed by atoms with Crippen LogP contribution in [0, 0.1) is 11.3 Å². The van der Waals surface area contributed by atoms with Crippen LogP contribution in [0.3, 0.4) is 0 Å². The number of hydrogen-bond acceptors (Lipinski definition) is 7. The molecular weight excluding hydrogens is 528 g/mol. The molecule has 2 aromatic rings. The molecule has 0 aliphatic carbocycles. The van der Waals surface area contributed by atoms with Crippen LogP contribution >= 0.6 is 0 Å². The van der Waals surface area contributed by atoms with Gasteiger partial charge in [-0.3, -0.25) is 4.79 Å². The second kappa shape index (κ2) is 12.8. The van der Waals surface area contributed by atoms with Crippen molar-refractivity contribution in [1.29, 1.82) is 5.26 Å². The summed E-state index contributed by atoms with van der Waals surface area (Å²) < 4.78 is 35.3. The van der Waals surface area contributed by atoms with Crippen LogP contribution in [0.1, 0.15) is 48.9 Å². The summed E-state index contributed by atoms with van der Waals surface area (Å²) in [5, 5.41) is 9.36. The number of benzene rings is 2. The van der Waals surface area contributed by atoms with Crippen molar-refractivity contribution in [1.82, 2.24) is 14.5 Å². The molecule has 2 aliphatic rings. The summed E-state index contributed by atoms with van der Waals surface area (Å²) >= 11 is 0. The van der Waals surface area contributed by atoms with Gasteiger partial charge in [0.2, 0.25) is 15.9 Å². The molecule has 2 atom stereocenters. The van der Waals surface area contributed by atoms with E-state index in [1.165, 1.54) is 4.90 Å². The molecule has 0 fully saturated rings. The molecular formula is C30H36N4O5S. The number of nitrogens with zero attached hydrogens (tertiary/aromatic N) is 3. The topological polar surface area (TPSA) is 120 Å². The van der Waals surface area contributed by atoms with Crippen LogP contribution in [-0.2, 0) is 43.7 Å². The molecule has 9 nitrogen and oxygen atoms in total. The number of hydrogen-bond donors (Lipinski definition) is 1. The lowest BCUT2D eigenvalue weighted by Crippen LogP contribution is -2.56. The van der Waals surface area contributed by atoms with E-state index in [4.69, 9.17) is 4.74 Å². The van der Waals surface area contributed by atoms with Gasteiger partial charge in [-0.2, -0.15) is 9.98 Å². The Kier molecular flexibility index (Phi) is 9.40. The molecule has 40 heavy (non-hydrogen) atoms. The molecule has 0 bridgehead atoms. The van der Waals surface area contributed by atoms with Gasteiger partial charge in [-0.1, -0.05) is 36.8 Å². The van der Waals surface area contributed by atoms with E-state index in [1.54, 1.807) is 43.3 Å². The van der Waals surface area contributed by atoms with Gasteiger partial charge < -0.3 is 14.5 Å². The van der Waals surface area contributed by atoms with Crippen molar-refractivity contribution in [3.8, 4) is 6.07 Å². The standard InChI is InChI=1S/C30H36N4O5S/c1-4-21-11-14-34(28(17-21)30(36)39-5-2)29(35)27(16-22-7-6-8-23(15-22)19-31)32-40(37,38)26-10-9-24-12-13-33(3)20-25(24)18-26/h6-11,15,18,27-28,32H,4-5,12-14,16-17,20H2,1-3H3/t27-,28?/m0/s1. The zero-order valence-electron chi connectivity index (χ0n) is 23.2. The first-order valence-electron chi connectivity index (χ1n) is 13.6. The molecule has 0 spiro atoms. The highest BCUT2D eigenvalue weighted by Gasteiger charge is 2.38. The molecule has 2 heterocycles. The van der Waals surface area contributed by atoms with Gasteiger partial charge in [-0.15, -0.1) is 0 Å². The lowest BCUT2D eigenvalue weighted by Gasteiger charge is -2.36. The lowest BCUT2D eigenvalue weighted by atomic mass is 9.96. The number of carbonyl (C=O) groups is 2. The van der Waals surface area contributed by atoms with Gasteiger partial charge in [0, 0.05) is 19.6 Å². The Labute approximate surface area is 236 Å². The Morgan fingerprint density at radius 2 is 1.98 bits per heavy atom. The van der Waals surface area contributed by atoms with Crippen molar-refractivity contribution in [3.63, 3.8) is 0 Å². The number of nitriles is 1. The van der Waals surface area contributed by atoms with E-state index >= 15 is 0 Å². The van der Waals surface area contributed by atoms with Crippen LogP contribution in [0.4, 0.5) is 0 Å². The van der Waals surface area contributed by atoms with Crippen LogP contribution in [0.5, 0.6) is 0 Å². The van der Waals surface area contributed by atoms with Gasteiger partial charge in [-0.05, 0) is 80.6 Å². The molecule has 4 rings (SSSR count). The van der Waals surface area contributed by atoms with Crippen LogP contribution in [0.15, 0.2) is 59.0 Å². The van der Waals surface area contributed by atoms with Crippen molar-refractivity contribution in [2.45, 2.75) is 63.1 Å². The number of ether oxygens (including phenoxy) is 1. The molecule has 2 aliphatic heterocycles. The highest BCUT2D eigenvalue weighted by atomic mass is 32.2. The predicted molar refractivity (Wildman–Crippen MR) is 151 cm³/mol. The maximum atomic E-state index is 14.0. The Morgan fingerprint density at radius 1 is 1.18 bits per heavy atom. The minimum absolute atomic E-state index is 0.0116. The summed E-state index contributed by atoms with van der Waals surface area (Å²) in [6, 6.07) is 11.8. The first-order valence-corrected chi connectivity index (χ1v) is 15.1. The summed E-state index contributed by atoms with van der Waals surface area (Å²) in [5.74, 6) is -1.03. The summed E-state index contributed by atoms with van der Waals surface area (Å²) in [6.07, 6.45) is 3.84. The first kappa shape index (κ1) is 29.5. The molecule has 0 saturated heterocycles. The van der Waals surface area contributed by atoms with E-state index in [-0.39, 0.29) is 24.5 Å². The molecule has 1 amide bonds. The second-order valence-electron chi connectivity index (χ2n) is 10.3. The van der Waals surface area contributed by atoms with Gasteiger partial charge in [0.1, 0.15) is 12.1 Å². The van der Waals surface area contributed by atoms with E-state index in [9.17, 15) is 23.3 Å². The normalized spacial score (nSPS) is 18.3.